The second-order valence-corrected chi connectivity index (χ2v) is 8.95. The summed E-state index contributed by atoms with van der Waals surface area (Å²) in [5.74, 6) is 1.04. The Kier molecular flexibility index (Phi) is 8.73. The van der Waals surface area contributed by atoms with Gasteiger partial charge in [0.2, 0.25) is 5.91 Å². The Labute approximate surface area is 221 Å². The molecule has 0 unspecified atom stereocenters. The molecule has 0 N–H and O–H groups in total. The summed E-state index contributed by atoms with van der Waals surface area (Å²) in [5.41, 5.74) is 1.82. The van der Waals surface area contributed by atoms with Gasteiger partial charge in [-0.05, 0) is 55.0 Å². The standard InChI is InChI=1S/C28H32FN5O4/c1-4-12-34(28(36)21-6-5-7-22(29)17-21)19-27(35)33-15-13-32(14-16-33)26-11-9-23(30-31-26)20-8-10-24(37-2)25(18-20)38-3/h5-11,17-18H,4,12-16,19H2,1-3H3. The number of halogens is 1. The summed E-state index contributed by atoms with van der Waals surface area (Å²) in [6.07, 6.45) is 0.695. The number of carbonyl (C=O) groups excluding carboxylic acids is 2. The number of amides is 2. The largest absolute Gasteiger partial charge is 0.493 e. The first-order valence-corrected chi connectivity index (χ1v) is 12.6. The number of hydrogen-bond donors (Lipinski definition) is 0. The number of aromatic nitrogens is 2. The van der Waals surface area contributed by atoms with Gasteiger partial charge in [-0.25, -0.2) is 4.39 Å². The van der Waals surface area contributed by atoms with E-state index in [1.807, 2.05) is 37.3 Å². The van der Waals surface area contributed by atoms with E-state index in [0.717, 1.165) is 11.4 Å². The first-order valence-electron chi connectivity index (χ1n) is 12.6. The number of hydrogen-bond acceptors (Lipinski definition) is 7. The molecule has 200 valence electrons. The molecule has 4 rings (SSSR count). The van der Waals surface area contributed by atoms with Crippen LogP contribution >= 0.6 is 0 Å². The number of ether oxygens (including phenoxy) is 2. The molecule has 3 aromatic rings. The van der Waals surface area contributed by atoms with E-state index in [-0.39, 0.29) is 23.9 Å². The molecule has 1 aliphatic rings. The van der Waals surface area contributed by atoms with Gasteiger partial charge in [-0.2, -0.15) is 0 Å². The van der Waals surface area contributed by atoms with Crippen LogP contribution in [-0.2, 0) is 4.79 Å². The lowest BCUT2D eigenvalue weighted by Crippen LogP contribution is -2.52. The third-order valence-corrected chi connectivity index (χ3v) is 6.46. The summed E-state index contributed by atoms with van der Waals surface area (Å²) >= 11 is 0. The number of methoxy groups -OCH3 is 2. The summed E-state index contributed by atoms with van der Waals surface area (Å²) in [5, 5.41) is 8.78. The Bertz CT molecular complexity index is 1260. The van der Waals surface area contributed by atoms with E-state index in [2.05, 4.69) is 15.1 Å². The third kappa shape index (κ3) is 6.19. The zero-order valence-corrected chi connectivity index (χ0v) is 21.9. The van der Waals surface area contributed by atoms with Crippen LogP contribution in [0.25, 0.3) is 11.3 Å². The van der Waals surface area contributed by atoms with Crippen molar-refractivity contribution in [3.63, 3.8) is 0 Å². The maximum absolute atomic E-state index is 13.6. The van der Waals surface area contributed by atoms with Gasteiger partial charge < -0.3 is 24.2 Å². The van der Waals surface area contributed by atoms with Crippen molar-refractivity contribution in [2.75, 3.05) is 58.4 Å². The second-order valence-electron chi connectivity index (χ2n) is 8.95. The zero-order chi connectivity index (χ0) is 27.1. The van der Waals surface area contributed by atoms with Crippen LogP contribution in [-0.4, -0.2) is 85.3 Å². The number of benzene rings is 2. The highest BCUT2D eigenvalue weighted by molar-refractivity contribution is 5.96. The van der Waals surface area contributed by atoms with Crippen LogP contribution in [0.2, 0.25) is 0 Å². The smallest absolute Gasteiger partial charge is 0.254 e. The van der Waals surface area contributed by atoms with Gasteiger partial charge in [0, 0.05) is 43.9 Å². The van der Waals surface area contributed by atoms with E-state index < -0.39 is 5.82 Å². The molecule has 0 aliphatic carbocycles. The molecule has 2 heterocycles. The first-order chi connectivity index (χ1) is 18.4. The van der Waals surface area contributed by atoms with E-state index in [0.29, 0.717) is 56.3 Å². The molecule has 38 heavy (non-hydrogen) atoms. The van der Waals surface area contributed by atoms with Gasteiger partial charge in [0.15, 0.2) is 17.3 Å². The predicted molar refractivity (Wildman–Crippen MR) is 142 cm³/mol. The summed E-state index contributed by atoms with van der Waals surface area (Å²) in [4.78, 5) is 31.2. The fraction of sp³-hybridized carbons (Fsp3) is 0.357. The molecule has 0 bridgehead atoms. The number of rotatable bonds is 9. The summed E-state index contributed by atoms with van der Waals surface area (Å²) in [6, 6.07) is 15.0. The van der Waals surface area contributed by atoms with E-state index >= 15 is 0 Å². The normalized spacial score (nSPS) is 13.3. The summed E-state index contributed by atoms with van der Waals surface area (Å²) in [6.45, 7) is 4.53. The molecule has 0 radical (unpaired) electrons. The molecule has 0 spiro atoms. The van der Waals surface area contributed by atoms with Gasteiger partial charge in [-0.1, -0.05) is 13.0 Å². The Morgan fingerprint density at radius 3 is 2.34 bits per heavy atom. The molecule has 1 fully saturated rings. The minimum absolute atomic E-state index is 0.0387. The van der Waals surface area contributed by atoms with E-state index in [1.165, 1.54) is 23.1 Å². The van der Waals surface area contributed by atoms with Crippen LogP contribution in [0.1, 0.15) is 23.7 Å². The Balaban J connectivity index is 1.35. The topological polar surface area (TPSA) is 88.1 Å². The van der Waals surface area contributed by atoms with Crippen LogP contribution in [0, 0.1) is 5.82 Å². The molecule has 0 atom stereocenters. The first kappa shape index (κ1) is 26.8. The second kappa shape index (κ2) is 12.4. The van der Waals surface area contributed by atoms with E-state index in [9.17, 15) is 14.0 Å². The Morgan fingerprint density at radius 1 is 0.947 bits per heavy atom. The molecule has 9 nitrogen and oxygen atoms in total. The molecular weight excluding hydrogens is 489 g/mol. The summed E-state index contributed by atoms with van der Waals surface area (Å²) < 4.78 is 24.3. The minimum Gasteiger partial charge on any atom is -0.493 e. The molecular formula is C28H32FN5O4. The Morgan fingerprint density at radius 2 is 1.71 bits per heavy atom. The summed E-state index contributed by atoms with van der Waals surface area (Å²) in [7, 11) is 3.18. The number of piperazine rings is 1. The van der Waals surface area contributed by atoms with Gasteiger partial charge in [-0.3, -0.25) is 9.59 Å². The van der Waals surface area contributed by atoms with Crippen molar-refractivity contribution in [2.45, 2.75) is 13.3 Å². The maximum Gasteiger partial charge on any atom is 0.254 e. The lowest BCUT2D eigenvalue weighted by Gasteiger charge is -2.36. The quantitative estimate of drug-likeness (QED) is 0.426. The van der Waals surface area contributed by atoms with Crippen LogP contribution in [0.4, 0.5) is 10.2 Å². The molecule has 2 aromatic carbocycles. The van der Waals surface area contributed by atoms with Crippen molar-refractivity contribution in [3.05, 3.63) is 66.0 Å². The molecule has 1 saturated heterocycles. The molecule has 0 saturated carbocycles. The van der Waals surface area contributed by atoms with Crippen molar-refractivity contribution in [2.24, 2.45) is 0 Å². The van der Waals surface area contributed by atoms with Gasteiger partial charge in [-0.15, -0.1) is 10.2 Å². The fourth-order valence-electron chi connectivity index (χ4n) is 4.42. The highest BCUT2D eigenvalue weighted by atomic mass is 19.1. The number of anilines is 1. The van der Waals surface area contributed by atoms with E-state index in [1.54, 1.807) is 25.2 Å². The lowest BCUT2D eigenvalue weighted by atomic mass is 10.1. The van der Waals surface area contributed by atoms with Crippen molar-refractivity contribution >= 4 is 17.6 Å². The Hall–Kier alpha value is -4.21. The highest BCUT2D eigenvalue weighted by Gasteiger charge is 2.26. The van der Waals surface area contributed by atoms with Crippen LogP contribution in [0.3, 0.4) is 0 Å². The van der Waals surface area contributed by atoms with Crippen molar-refractivity contribution < 1.29 is 23.5 Å². The maximum atomic E-state index is 13.6. The van der Waals surface area contributed by atoms with Crippen LogP contribution < -0.4 is 14.4 Å². The molecule has 1 aromatic heterocycles. The third-order valence-electron chi connectivity index (χ3n) is 6.46. The SMILES string of the molecule is CCCN(CC(=O)N1CCN(c2ccc(-c3ccc(OC)c(OC)c3)nn2)CC1)C(=O)c1cccc(F)c1. The van der Waals surface area contributed by atoms with Crippen molar-refractivity contribution in [3.8, 4) is 22.8 Å². The van der Waals surface area contributed by atoms with Crippen LogP contribution in [0.5, 0.6) is 11.5 Å². The van der Waals surface area contributed by atoms with Gasteiger partial charge in [0.1, 0.15) is 12.4 Å². The number of nitrogens with zero attached hydrogens (tertiary/aromatic N) is 5. The number of carbonyl (C=O) groups is 2. The highest BCUT2D eigenvalue weighted by Crippen LogP contribution is 2.31. The minimum atomic E-state index is -0.477. The van der Waals surface area contributed by atoms with Crippen molar-refractivity contribution in [1.29, 1.82) is 0 Å². The molecule has 10 heteroatoms. The van der Waals surface area contributed by atoms with E-state index in [4.69, 9.17) is 9.47 Å². The van der Waals surface area contributed by atoms with Gasteiger partial charge in [0.05, 0.1) is 19.9 Å². The monoisotopic (exact) mass is 521 g/mol. The fourth-order valence-corrected chi connectivity index (χ4v) is 4.42. The van der Waals surface area contributed by atoms with Gasteiger partial charge >= 0.3 is 0 Å². The lowest BCUT2D eigenvalue weighted by molar-refractivity contribution is -0.132. The predicted octanol–water partition coefficient (Wildman–Crippen LogP) is 3.50. The molecule has 2 amide bonds. The average molecular weight is 522 g/mol. The van der Waals surface area contributed by atoms with Crippen LogP contribution in [0.15, 0.2) is 54.6 Å². The van der Waals surface area contributed by atoms with Crippen molar-refractivity contribution in [1.82, 2.24) is 20.0 Å². The zero-order valence-electron chi connectivity index (χ0n) is 21.9. The average Bonchev–Trinajstić information content (AvgIpc) is 2.96. The van der Waals surface area contributed by atoms with Gasteiger partial charge in [0.25, 0.3) is 5.91 Å². The molecule has 1 aliphatic heterocycles.